The molecule has 0 aliphatic heterocycles. The quantitative estimate of drug-likeness (QED) is 0.703. The molecule has 1 aromatic rings. The summed E-state index contributed by atoms with van der Waals surface area (Å²) in [5.74, 6) is 0.911. The maximum atomic E-state index is 9.06. The van der Waals surface area contributed by atoms with E-state index in [-0.39, 0.29) is 12.6 Å². The molecule has 78 valence electrons. The Kier molecular flexibility index (Phi) is 5.68. The predicted octanol–water partition coefficient (Wildman–Crippen LogP) is 1.75. The van der Waals surface area contributed by atoms with E-state index in [1.165, 1.54) is 4.90 Å². The molecule has 2 N–H and O–H groups in total. The molecule has 0 bridgehead atoms. The summed E-state index contributed by atoms with van der Waals surface area (Å²) in [5.41, 5.74) is 0. The number of aliphatic hydroxyl groups is 1. The summed E-state index contributed by atoms with van der Waals surface area (Å²) in [6.45, 7) is 3.16. The summed E-state index contributed by atoms with van der Waals surface area (Å²) in [4.78, 5) is 1.25. The van der Waals surface area contributed by atoms with Gasteiger partial charge in [-0.05, 0) is 18.7 Å². The summed E-state index contributed by atoms with van der Waals surface area (Å²) < 4.78 is 0. The van der Waals surface area contributed by atoms with Crippen LogP contribution in [0.25, 0.3) is 0 Å². The highest BCUT2D eigenvalue weighted by atomic mass is 32.2. The van der Waals surface area contributed by atoms with E-state index in [1.54, 1.807) is 11.8 Å². The number of thioether (sulfide) groups is 1. The van der Waals surface area contributed by atoms with Crippen molar-refractivity contribution in [1.29, 1.82) is 0 Å². The lowest BCUT2D eigenvalue weighted by atomic mass is 10.3. The van der Waals surface area contributed by atoms with Gasteiger partial charge in [0.05, 0.1) is 6.61 Å². The molecular formula is C11H17NOS. The third kappa shape index (κ3) is 4.13. The van der Waals surface area contributed by atoms with Crippen LogP contribution in [-0.2, 0) is 0 Å². The molecule has 1 atom stereocenters. The van der Waals surface area contributed by atoms with Crippen LogP contribution in [0.5, 0.6) is 0 Å². The van der Waals surface area contributed by atoms with E-state index >= 15 is 0 Å². The second kappa shape index (κ2) is 6.87. The summed E-state index contributed by atoms with van der Waals surface area (Å²) >= 11 is 1.77. The van der Waals surface area contributed by atoms with Crippen molar-refractivity contribution in [2.45, 2.75) is 17.9 Å². The van der Waals surface area contributed by atoms with E-state index in [2.05, 4.69) is 24.4 Å². The van der Waals surface area contributed by atoms with Gasteiger partial charge in [0.1, 0.15) is 0 Å². The molecule has 0 aromatic heterocycles. The lowest BCUT2D eigenvalue weighted by Gasteiger charge is -2.14. The maximum Gasteiger partial charge on any atom is 0.0592 e. The Balaban J connectivity index is 2.32. The number of hydrogen-bond donors (Lipinski definition) is 2. The zero-order chi connectivity index (χ0) is 10.2. The van der Waals surface area contributed by atoms with E-state index in [0.29, 0.717) is 0 Å². The lowest BCUT2D eigenvalue weighted by molar-refractivity contribution is 0.255. The Morgan fingerprint density at radius 1 is 1.36 bits per heavy atom. The van der Waals surface area contributed by atoms with Gasteiger partial charge in [-0.3, -0.25) is 0 Å². The standard InChI is InChI=1S/C11H17NOS/c1-2-12-10(8-13)9-14-11-6-4-3-5-7-11/h3-7,10,12-13H,2,8-9H2,1H3. The molecule has 1 rings (SSSR count). The number of hydrogen-bond acceptors (Lipinski definition) is 3. The fourth-order valence-corrected chi connectivity index (χ4v) is 2.14. The van der Waals surface area contributed by atoms with E-state index in [9.17, 15) is 0 Å². The van der Waals surface area contributed by atoms with Crippen LogP contribution >= 0.6 is 11.8 Å². The molecule has 0 saturated heterocycles. The second-order valence-electron chi connectivity index (χ2n) is 3.06. The molecule has 0 heterocycles. The molecule has 0 fully saturated rings. The van der Waals surface area contributed by atoms with Gasteiger partial charge in [-0.1, -0.05) is 25.1 Å². The van der Waals surface area contributed by atoms with Gasteiger partial charge in [0.15, 0.2) is 0 Å². The molecule has 0 saturated carbocycles. The first-order chi connectivity index (χ1) is 6.86. The number of nitrogens with one attached hydrogen (secondary N) is 1. The summed E-state index contributed by atoms with van der Waals surface area (Å²) in [5, 5.41) is 12.3. The predicted molar refractivity (Wildman–Crippen MR) is 61.7 cm³/mol. The van der Waals surface area contributed by atoms with Gasteiger partial charge in [0, 0.05) is 16.7 Å². The lowest BCUT2D eigenvalue weighted by Crippen LogP contribution is -2.34. The summed E-state index contributed by atoms with van der Waals surface area (Å²) in [6, 6.07) is 10.5. The Labute approximate surface area is 89.7 Å². The molecule has 2 nitrogen and oxygen atoms in total. The third-order valence-electron chi connectivity index (χ3n) is 1.91. The van der Waals surface area contributed by atoms with Crippen LogP contribution < -0.4 is 5.32 Å². The van der Waals surface area contributed by atoms with E-state index in [0.717, 1.165) is 12.3 Å². The van der Waals surface area contributed by atoms with Crippen molar-refractivity contribution in [2.24, 2.45) is 0 Å². The highest BCUT2D eigenvalue weighted by Crippen LogP contribution is 2.17. The van der Waals surface area contributed by atoms with Crippen molar-refractivity contribution in [3.05, 3.63) is 30.3 Å². The van der Waals surface area contributed by atoms with Crippen molar-refractivity contribution in [1.82, 2.24) is 5.32 Å². The Morgan fingerprint density at radius 3 is 2.64 bits per heavy atom. The van der Waals surface area contributed by atoms with Crippen LogP contribution in [0.3, 0.4) is 0 Å². The smallest absolute Gasteiger partial charge is 0.0592 e. The molecule has 3 heteroatoms. The molecule has 0 radical (unpaired) electrons. The van der Waals surface area contributed by atoms with Crippen LogP contribution in [0, 0.1) is 0 Å². The van der Waals surface area contributed by atoms with Crippen molar-refractivity contribution < 1.29 is 5.11 Å². The van der Waals surface area contributed by atoms with Crippen molar-refractivity contribution >= 4 is 11.8 Å². The maximum absolute atomic E-state index is 9.06. The van der Waals surface area contributed by atoms with Crippen LogP contribution in [0.4, 0.5) is 0 Å². The minimum atomic E-state index is 0.199. The van der Waals surface area contributed by atoms with Gasteiger partial charge in [-0.15, -0.1) is 11.8 Å². The minimum absolute atomic E-state index is 0.199. The largest absolute Gasteiger partial charge is 0.395 e. The molecule has 0 aliphatic carbocycles. The normalized spacial score (nSPS) is 12.7. The summed E-state index contributed by atoms with van der Waals surface area (Å²) in [6.07, 6.45) is 0. The van der Waals surface area contributed by atoms with E-state index < -0.39 is 0 Å². The number of aliphatic hydroxyl groups excluding tert-OH is 1. The average molecular weight is 211 g/mol. The molecule has 0 aliphatic rings. The van der Waals surface area contributed by atoms with Crippen LogP contribution in [-0.4, -0.2) is 30.1 Å². The number of rotatable bonds is 6. The average Bonchev–Trinajstić information content (AvgIpc) is 2.25. The van der Waals surface area contributed by atoms with Crippen LogP contribution in [0.2, 0.25) is 0 Å². The molecule has 1 unspecified atom stereocenters. The van der Waals surface area contributed by atoms with Crippen molar-refractivity contribution in [3.8, 4) is 0 Å². The first-order valence-corrected chi connectivity index (χ1v) is 5.87. The van der Waals surface area contributed by atoms with Gasteiger partial charge in [0.25, 0.3) is 0 Å². The van der Waals surface area contributed by atoms with Gasteiger partial charge < -0.3 is 10.4 Å². The van der Waals surface area contributed by atoms with E-state index in [1.807, 2.05) is 18.2 Å². The van der Waals surface area contributed by atoms with E-state index in [4.69, 9.17) is 5.11 Å². The molecular weight excluding hydrogens is 194 g/mol. The highest BCUT2D eigenvalue weighted by molar-refractivity contribution is 7.99. The van der Waals surface area contributed by atoms with Gasteiger partial charge in [-0.25, -0.2) is 0 Å². The topological polar surface area (TPSA) is 32.3 Å². The second-order valence-corrected chi connectivity index (χ2v) is 4.15. The minimum Gasteiger partial charge on any atom is -0.395 e. The third-order valence-corrected chi connectivity index (χ3v) is 3.08. The van der Waals surface area contributed by atoms with Crippen LogP contribution in [0.15, 0.2) is 35.2 Å². The van der Waals surface area contributed by atoms with Crippen LogP contribution in [0.1, 0.15) is 6.92 Å². The number of likely N-dealkylation sites (N-methyl/N-ethyl adjacent to an activating group) is 1. The summed E-state index contributed by atoms with van der Waals surface area (Å²) in [7, 11) is 0. The zero-order valence-corrected chi connectivity index (χ0v) is 9.26. The molecule has 14 heavy (non-hydrogen) atoms. The fourth-order valence-electron chi connectivity index (χ4n) is 1.18. The van der Waals surface area contributed by atoms with Crippen molar-refractivity contribution in [2.75, 3.05) is 18.9 Å². The Morgan fingerprint density at radius 2 is 2.07 bits per heavy atom. The Bertz CT molecular complexity index is 240. The van der Waals surface area contributed by atoms with Gasteiger partial charge in [-0.2, -0.15) is 0 Å². The monoisotopic (exact) mass is 211 g/mol. The highest BCUT2D eigenvalue weighted by Gasteiger charge is 2.05. The Hall–Kier alpha value is -0.510. The van der Waals surface area contributed by atoms with Gasteiger partial charge >= 0.3 is 0 Å². The first kappa shape index (κ1) is 11.6. The molecule has 0 spiro atoms. The van der Waals surface area contributed by atoms with Crippen molar-refractivity contribution in [3.63, 3.8) is 0 Å². The number of benzene rings is 1. The SMILES string of the molecule is CCNC(CO)CSc1ccccc1. The fraction of sp³-hybridized carbons (Fsp3) is 0.455. The molecule has 0 amide bonds. The zero-order valence-electron chi connectivity index (χ0n) is 8.44. The molecule has 1 aromatic carbocycles. The van der Waals surface area contributed by atoms with Gasteiger partial charge in [0.2, 0.25) is 0 Å². The first-order valence-electron chi connectivity index (χ1n) is 4.89.